The van der Waals surface area contributed by atoms with Gasteiger partial charge < -0.3 is 10.6 Å². The number of nitrogens with one attached hydrogen (secondary N) is 2. The molecule has 33 heavy (non-hydrogen) atoms. The van der Waals surface area contributed by atoms with Gasteiger partial charge in [-0.25, -0.2) is 0 Å². The van der Waals surface area contributed by atoms with Gasteiger partial charge in [0.2, 0.25) is 0 Å². The average molecular weight is 440 g/mol. The van der Waals surface area contributed by atoms with Crippen molar-refractivity contribution in [1.82, 2.24) is 0 Å². The van der Waals surface area contributed by atoms with Gasteiger partial charge in [-0.1, -0.05) is 36.4 Å². The fourth-order valence-electron chi connectivity index (χ4n) is 6.52. The summed E-state index contributed by atoms with van der Waals surface area (Å²) in [5.41, 5.74) is 4.65. The van der Waals surface area contributed by atoms with Gasteiger partial charge in [-0.3, -0.25) is 14.9 Å². The van der Waals surface area contributed by atoms with Crippen LogP contribution in [0.1, 0.15) is 52.7 Å². The summed E-state index contributed by atoms with van der Waals surface area (Å²) in [5, 5.41) is 17.7. The van der Waals surface area contributed by atoms with Crippen molar-refractivity contribution in [2.24, 2.45) is 17.8 Å². The number of nitro benzene ring substituents is 1. The van der Waals surface area contributed by atoms with E-state index in [2.05, 4.69) is 41.0 Å². The molecule has 166 valence electrons. The van der Waals surface area contributed by atoms with E-state index in [1.807, 2.05) is 18.2 Å². The van der Waals surface area contributed by atoms with E-state index < -0.39 is 4.92 Å². The Morgan fingerprint density at radius 3 is 2.61 bits per heavy atom. The number of hydrogen-bond acceptors (Lipinski definition) is 4. The number of carbonyl (C=O) groups is 1. The van der Waals surface area contributed by atoms with Crippen molar-refractivity contribution in [2.45, 2.75) is 31.2 Å². The van der Waals surface area contributed by atoms with Crippen molar-refractivity contribution in [2.75, 3.05) is 10.6 Å². The summed E-state index contributed by atoms with van der Waals surface area (Å²) in [6, 6.07) is 22.9. The van der Waals surface area contributed by atoms with Crippen molar-refractivity contribution < 1.29 is 9.72 Å². The molecule has 3 aromatic rings. The lowest BCUT2D eigenvalue weighted by molar-refractivity contribution is -0.384. The van der Waals surface area contributed by atoms with E-state index in [0.717, 1.165) is 5.69 Å². The molecule has 5 atom stereocenters. The van der Waals surface area contributed by atoms with Gasteiger partial charge in [-0.15, -0.1) is 0 Å². The van der Waals surface area contributed by atoms with Crippen LogP contribution < -0.4 is 10.6 Å². The summed E-state index contributed by atoms with van der Waals surface area (Å²) in [4.78, 5) is 23.6. The molecule has 0 unspecified atom stereocenters. The number of benzene rings is 3. The molecule has 3 aliphatic rings. The van der Waals surface area contributed by atoms with Crippen LogP contribution >= 0.6 is 0 Å². The average Bonchev–Trinajstić information content (AvgIpc) is 3.47. The first-order valence-corrected chi connectivity index (χ1v) is 11.6. The Kier molecular flexibility index (Phi) is 4.68. The number of non-ortho nitro benzene ring substituents is 1. The third kappa shape index (κ3) is 3.37. The van der Waals surface area contributed by atoms with E-state index in [0.29, 0.717) is 41.0 Å². The maximum absolute atomic E-state index is 13.0. The molecule has 6 heteroatoms. The predicted molar refractivity (Wildman–Crippen MR) is 127 cm³/mol. The molecular weight excluding hydrogens is 414 g/mol. The van der Waals surface area contributed by atoms with Gasteiger partial charge in [0.15, 0.2) is 0 Å². The molecule has 3 aromatic carbocycles. The molecule has 1 aliphatic heterocycles. The minimum atomic E-state index is -0.460. The van der Waals surface area contributed by atoms with Gasteiger partial charge in [0.05, 0.1) is 11.0 Å². The quantitative estimate of drug-likeness (QED) is 0.378. The first kappa shape index (κ1) is 20.0. The highest BCUT2D eigenvalue weighted by Gasteiger charge is 2.53. The van der Waals surface area contributed by atoms with E-state index in [1.165, 1.54) is 42.5 Å². The Labute approximate surface area is 192 Å². The van der Waals surface area contributed by atoms with Crippen LogP contribution in [0.2, 0.25) is 0 Å². The molecule has 2 fully saturated rings. The second kappa shape index (κ2) is 7.73. The van der Waals surface area contributed by atoms with Crippen LogP contribution in [0.3, 0.4) is 0 Å². The van der Waals surface area contributed by atoms with Gasteiger partial charge in [-0.05, 0) is 78.3 Å². The number of anilines is 2. The van der Waals surface area contributed by atoms with Crippen LogP contribution in [0.25, 0.3) is 0 Å². The molecule has 1 amide bonds. The van der Waals surface area contributed by atoms with Crippen molar-refractivity contribution in [3.63, 3.8) is 0 Å². The molecule has 2 saturated carbocycles. The highest BCUT2D eigenvalue weighted by Crippen LogP contribution is 2.63. The maximum Gasteiger partial charge on any atom is 0.271 e. The van der Waals surface area contributed by atoms with Crippen LogP contribution in [0.15, 0.2) is 72.8 Å². The molecule has 1 heterocycles. The normalized spacial score (nSPS) is 26.7. The molecule has 0 radical (unpaired) electrons. The highest BCUT2D eigenvalue weighted by molar-refractivity contribution is 6.04. The van der Waals surface area contributed by atoms with Crippen molar-refractivity contribution >= 4 is 23.0 Å². The number of nitro groups is 1. The molecule has 0 spiro atoms. The molecule has 0 aromatic heterocycles. The van der Waals surface area contributed by atoms with Crippen molar-refractivity contribution in [3.05, 3.63) is 99.6 Å². The maximum atomic E-state index is 13.0. The first-order valence-electron chi connectivity index (χ1n) is 11.6. The van der Waals surface area contributed by atoms with Crippen molar-refractivity contribution in [1.29, 1.82) is 0 Å². The largest absolute Gasteiger partial charge is 0.378 e. The third-order valence-corrected chi connectivity index (χ3v) is 7.82. The topological polar surface area (TPSA) is 84.3 Å². The van der Waals surface area contributed by atoms with E-state index in [4.69, 9.17) is 0 Å². The van der Waals surface area contributed by atoms with Crippen molar-refractivity contribution in [3.8, 4) is 0 Å². The number of hydrogen-bond donors (Lipinski definition) is 2. The summed E-state index contributed by atoms with van der Waals surface area (Å²) in [6.07, 6.45) is 3.82. The molecule has 2 bridgehead atoms. The van der Waals surface area contributed by atoms with E-state index >= 15 is 0 Å². The Hall–Kier alpha value is -3.67. The van der Waals surface area contributed by atoms with Crippen LogP contribution in [0.5, 0.6) is 0 Å². The SMILES string of the molecule is O=C(Nc1cccc([N+](=O)[O-])c1)c1ccc2c(c1)[C@@H]1[C@H]3CC[C@@H](C3)[C@@H]1[C@H](c1ccccc1)N2. The zero-order valence-corrected chi connectivity index (χ0v) is 18.1. The lowest BCUT2D eigenvalue weighted by Gasteiger charge is -2.43. The standard InChI is InChI=1S/C27H25N3O3/c31-27(28-20-7-4-8-21(15-20)30(32)33)19-11-12-23-22(14-19)24-17-9-10-18(13-17)25(24)26(29-23)16-5-2-1-3-6-16/h1-8,11-12,14-15,17-18,24-26,29H,9-10,13H2,(H,28,31)/t17-,18-,24-,25-,26-/m0/s1. The molecule has 6 nitrogen and oxygen atoms in total. The van der Waals surface area contributed by atoms with E-state index in [-0.39, 0.29) is 11.6 Å². The smallest absolute Gasteiger partial charge is 0.271 e. The van der Waals surface area contributed by atoms with E-state index in [9.17, 15) is 14.9 Å². The number of rotatable bonds is 4. The molecular formula is C27H25N3O3. The summed E-state index contributed by atoms with van der Waals surface area (Å²) < 4.78 is 0. The Morgan fingerprint density at radius 1 is 0.970 bits per heavy atom. The zero-order valence-electron chi connectivity index (χ0n) is 18.1. The van der Waals surface area contributed by atoms with Gasteiger partial charge in [-0.2, -0.15) is 0 Å². The second-order valence-electron chi connectivity index (χ2n) is 9.53. The molecule has 2 aliphatic carbocycles. The summed E-state index contributed by atoms with van der Waals surface area (Å²) in [6.45, 7) is 0. The first-order chi connectivity index (χ1) is 16.1. The van der Waals surface area contributed by atoms with Crippen LogP contribution in [0, 0.1) is 27.9 Å². The number of carbonyl (C=O) groups excluding carboxylic acids is 1. The fraction of sp³-hybridized carbons (Fsp3) is 0.296. The Morgan fingerprint density at radius 2 is 1.79 bits per heavy atom. The summed E-state index contributed by atoms with van der Waals surface area (Å²) in [5.74, 6) is 2.13. The predicted octanol–water partition coefficient (Wildman–Crippen LogP) is 6.14. The number of nitrogens with zero attached hydrogens (tertiary/aromatic N) is 1. The third-order valence-electron chi connectivity index (χ3n) is 7.82. The van der Waals surface area contributed by atoms with Gasteiger partial charge in [0, 0.05) is 29.1 Å². The van der Waals surface area contributed by atoms with E-state index in [1.54, 1.807) is 12.1 Å². The van der Waals surface area contributed by atoms with Gasteiger partial charge in [0.1, 0.15) is 0 Å². The van der Waals surface area contributed by atoms with Crippen LogP contribution in [-0.2, 0) is 0 Å². The second-order valence-corrected chi connectivity index (χ2v) is 9.53. The Bertz CT molecular complexity index is 1240. The Balaban J connectivity index is 1.33. The summed E-state index contributed by atoms with van der Waals surface area (Å²) in [7, 11) is 0. The monoisotopic (exact) mass is 439 g/mol. The molecule has 2 N–H and O–H groups in total. The van der Waals surface area contributed by atoms with Gasteiger partial charge in [0.25, 0.3) is 11.6 Å². The van der Waals surface area contributed by atoms with Gasteiger partial charge >= 0.3 is 0 Å². The molecule has 6 rings (SSSR count). The minimum Gasteiger partial charge on any atom is -0.378 e. The molecule has 0 saturated heterocycles. The van der Waals surface area contributed by atoms with Crippen LogP contribution in [0.4, 0.5) is 17.1 Å². The number of fused-ring (bicyclic) bond motifs is 7. The number of amides is 1. The lowest BCUT2D eigenvalue weighted by atomic mass is 9.68. The summed E-state index contributed by atoms with van der Waals surface area (Å²) >= 11 is 0. The van der Waals surface area contributed by atoms with Crippen LogP contribution in [-0.4, -0.2) is 10.8 Å². The minimum absolute atomic E-state index is 0.0424. The highest BCUT2D eigenvalue weighted by atomic mass is 16.6. The zero-order chi connectivity index (χ0) is 22.5. The fourth-order valence-corrected chi connectivity index (χ4v) is 6.52. The lowest BCUT2D eigenvalue weighted by Crippen LogP contribution is -2.35.